The molecule has 4 fully saturated rings. The first-order valence-corrected chi connectivity index (χ1v) is 19.1. The zero-order valence-electron chi connectivity index (χ0n) is 27.7. The van der Waals surface area contributed by atoms with E-state index in [4.69, 9.17) is 4.79 Å². The minimum Gasteiger partial charge on any atom is -0.317 e. The lowest BCUT2D eigenvalue weighted by Gasteiger charge is -2.40. The van der Waals surface area contributed by atoms with Gasteiger partial charge in [-0.3, -0.25) is 18.9 Å². The Morgan fingerprint density at radius 1 is 0.660 bits per heavy atom. The van der Waals surface area contributed by atoms with Gasteiger partial charge in [-0.2, -0.15) is 0 Å². The topological polar surface area (TPSA) is 93.7 Å². The predicted octanol–water partition coefficient (Wildman–Crippen LogP) is 5.60. The van der Waals surface area contributed by atoms with Crippen LogP contribution in [-0.2, 0) is 11.5 Å². The number of rotatable bonds is 4. The van der Waals surface area contributed by atoms with E-state index in [9.17, 15) is 9.59 Å². The number of hydrogen-bond donors (Lipinski definition) is 2. The summed E-state index contributed by atoms with van der Waals surface area (Å²) in [6, 6.07) is 17.2. The van der Waals surface area contributed by atoms with Gasteiger partial charge in [0.1, 0.15) is 6.79 Å². The van der Waals surface area contributed by atoms with Crippen molar-refractivity contribution >= 4 is 50.0 Å². The molecule has 256 valence electrons. The highest BCUT2D eigenvalue weighted by atomic mass is 32.1. The van der Waals surface area contributed by atoms with Crippen LogP contribution in [0.2, 0.25) is 0 Å². The fraction of sp³-hybridized carbons (Fsp3) is 0.583. The fourth-order valence-corrected chi connectivity index (χ4v) is 9.12. The van der Waals surface area contributed by atoms with E-state index in [1.807, 2.05) is 59.3 Å². The summed E-state index contributed by atoms with van der Waals surface area (Å²) < 4.78 is 6.70. The number of carbonyl (C=O) groups excluding carboxylic acids is 1. The summed E-state index contributed by atoms with van der Waals surface area (Å²) in [4.78, 5) is 39.2. The molecule has 47 heavy (non-hydrogen) atoms. The second-order valence-corrected chi connectivity index (χ2v) is 14.9. The Labute approximate surface area is 286 Å². The number of benzene rings is 2. The Morgan fingerprint density at radius 3 is 1.77 bits per heavy atom. The van der Waals surface area contributed by atoms with Gasteiger partial charge in [0.25, 0.3) is 11.1 Å². The lowest BCUT2D eigenvalue weighted by molar-refractivity contribution is -0.0980. The first kappa shape index (κ1) is 35.6. The minimum absolute atomic E-state index is 0.0144. The van der Waals surface area contributed by atoms with E-state index in [0.29, 0.717) is 0 Å². The molecule has 8 rings (SSSR count). The van der Waals surface area contributed by atoms with Gasteiger partial charge in [-0.05, 0) is 115 Å². The summed E-state index contributed by atoms with van der Waals surface area (Å²) in [6.07, 6.45) is 13.7. The minimum atomic E-state index is 0.0144. The Kier molecular flexibility index (Phi) is 14.2. The highest BCUT2D eigenvalue weighted by molar-refractivity contribution is 7.14. The molecule has 0 bridgehead atoms. The number of H-pyrrole nitrogens is 1. The normalized spacial score (nSPS) is 20.4. The number of fused-ring (bicyclic) bond motifs is 2. The second kappa shape index (κ2) is 18.8. The van der Waals surface area contributed by atoms with Crippen molar-refractivity contribution in [2.24, 2.45) is 0 Å². The van der Waals surface area contributed by atoms with Gasteiger partial charge in [-0.1, -0.05) is 60.2 Å². The number of aromatic nitrogens is 2. The number of likely N-dealkylation sites (tertiary alicyclic amines) is 3. The standard InChI is InChI=1S/C18H25N3OS.C10H20N2.C7H5NOS.CH2O/c22-18-16-6-2-3-7-17(16)23-21(18)14-19-12-8-15(9-13-19)20-10-4-1-5-11-20;1-2-8-12(9-3-1)10-4-6-11-7-5-10;9-7-5-3-1-2-4-6(5)10-8-7;1-2/h2-3,6-7,15H,1,4-5,8-14H2;10-11H,1-9H2;1-4H,(H,8,9);1H2. The van der Waals surface area contributed by atoms with Crippen LogP contribution in [0.1, 0.15) is 64.2 Å². The molecule has 6 heterocycles. The van der Waals surface area contributed by atoms with Crippen LogP contribution in [0.25, 0.3) is 20.2 Å². The number of nitrogens with zero attached hydrogens (tertiary/aromatic N) is 4. The molecule has 0 saturated carbocycles. The van der Waals surface area contributed by atoms with Gasteiger partial charge in [-0.15, -0.1) is 0 Å². The highest BCUT2D eigenvalue weighted by Crippen LogP contribution is 2.23. The molecule has 0 aliphatic carbocycles. The molecule has 4 aliphatic rings. The number of nitrogens with one attached hydrogen (secondary N) is 2. The smallest absolute Gasteiger partial charge is 0.269 e. The number of piperidine rings is 4. The number of carbonyl (C=O) groups is 1. The number of aromatic amines is 1. The van der Waals surface area contributed by atoms with Gasteiger partial charge in [0, 0.05) is 25.2 Å². The summed E-state index contributed by atoms with van der Waals surface area (Å²) >= 11 is 2.97. The first-order chi connectivity index (χ1) is 23.2. The van der Waals surface area contributed by atoms with Gasteiger partial charge in [0.15, 0.2) is 0 Å². The van der Waals surface area contributed by atoms with Crippen LogP contribution >= 0.6 is 23.1 Å². The molecule has 4 aromatic rings. The van der Waals surface area contributed by atoms with E-state index in [2.05, 4.69) is 24.4 Å². The molecule has 0 spiro atoms. The maximum Gasteiger partial charge on any atom is 0.269 e. The molecule has 0 unspecified atom stereocenters. The van der Waals surface area contributed by atoms with E-state index in [-0.39, 0.29) is 11.1 Å². The van der Waals surface area contributed by atoms with Gasteiger partial charge < -0.3 is 19.9 Å². The Hall–Kier alpha value is -2.67. The van der Waals surface area contributed by atoms with Crippen molar-refractivity contribution in [3.8, 4) is 0 Å². The van der Waals surface area contributed by atoms with E-state index >= 15 is 0 Å². The molecule has 2 aromatic heterocycles. The second-order valence-electron chi connectivity index (χ2n) is 13.0. The molecule has 9 nitrogen and oxygen atoms in total. The molecule has 11 heteroatoms. The fourth-order valence-electron chi connectivity index (χ4n) is 7.36. The summed E-state index contributed by atoms with van der Waals surface area (Å²) in [6.45, 7) is 12.8. The molecule has 0 radical (unpaired) electrons. The van der Waals surface area contributed by atoms with Crippen LogP contribution in [0, 0.1) is 0 Å². The first-order valence-electron chi connectivity index (χ1n) is 17.5. The van der Waals surface area contributed by atoms with Crippen LogP contribution in [0.5, 0.6) is 0 Å². The SMILES string of the molecule is C1CCN(C2CCNCC2)CC1.C=O.O=c1[nH]sc2ccccc12.O=c1c2ccccc2sn1CN1CCC(N2CCCCC2)CC1. The predicted molar refractivity (Wildman–Crippen MR) is 197 cm³/mol. The third-order valence-electron chi connectivity index (χ3n) is 9.95. The summed E-state index contributed by atoms with van der Waals surface area (Å²) in [7, 11) is 0. The van der Waals surface area contributed by atoms with E-state index in [1.165, 1.54) is 115 Å². The van der Waals surface area contributed by atoms with E-state index in [0.717, 1.165) is 52.0 Å². The molecule has 0 atom stereocenters. The van der Waals surface area contributed by atoms with E-state index < -0.39 is 0 Å². The maximum atomic E-state index is 12.5. The van der Waals surface area contributed by atoms with Crippen molar-refractivity contribution in [2.45, 2.75) is 83.0 Å². The van der Waals surface area contributed by atoms with E-state index in [1.54, 1.807) is 11.5 Å². The Bertz CT molecular complexity index is 1570. The van der Waals surface area contributed by atoms with Crippen molar-refractivity contribution < 1.29 is 4.79 Å². The third-order valence-corrected chi connectivity index (χ3v) is 11.9. The summed E-state index contributed by atoms with van der Waals surface area (Å²) in [5, 5.41) is 5.07. The summed E-state index contributed by atoms with van der Waals surface area (Å²) in [5.74, 6) is 0. The van der Waals surface area contributed by atoms with Gasteiger partial charge >= 0.3 is 0 Å². The van der Waals surface area contributed by atoms with Crippen molar-refractivity contribution in [2.75, 3.05) is 52.4 Å². The molecule has 4 aliphatic heterocycles. The number of hydrogen-bond acceptors (Lipinski definition) is 9. The van der Waals surface area contributed by atoms with Crippen LogP contribution in [0.4, 0.5) is 0 Å². The van der Waals surface area contributed by atoms with Gasteiger partial charge in [0.05, 0.1) is 26.8 Å². The van der Waals surface area contributed by atoms with Gasteiger partial charge in [0.2, 0.25) is 0 Å². The van der Waals surface area contributed by atoms with Crippen LogP contribution in [0.3, 0.4) is 0 Å². The highest BCUT2D eigenvalue weighted by Gasteiger charge is 2.26. The molecular weight excluding hydrogens is 629 g/mol. The molecule has 4 saturated heterocycles. The molecule has 2 N–H and O–H groups in total. The third kappa shape index (κ3) is 9.93. The monoisotopic (exact) mass is 680 g/mol. The van der Waals surface area contributed by atoms with Crippen LogP contribution < -0.4 is 16.4 Å². The molecule has 2 aromatic carbocycles. The van der Waals surface area contributed by atoms with Crippen molar-refractivity contribution in [1.29, 1.82) is 0 Å². The zero-order chi connectivity index (χ0) is 32.8. The van der Waals surface area contributed by atoms with Crippen molar-refractivity contribution in [3.63, 3.8) is 0 Å². The quantitative estimate of drug-likeness (QED) is 0.290. The lowest BCUT2D eigenvalue weighted by atomic mass is 10.0. The lowest BCUT2D eigenvalue weighted by Crippen LogP contribution is -2.47. The van der Waals surface area contributed by atoms with Gasteiger partial charge in [-0.25, -0.2) is 3.96 Å². The summed E-state index contributed by atoms with van der Waals surface area (Å²) in [5.41, 5.74) is 0.185. The Balaban J connectivity index is 0.000000151. The average Bonchev–Trinajstić information content (AvgIpc) is 3.69. The van der Waals surface area contributed by atoms with Crippen molar-refractivity contribution in [1.82, 2.24) is 28.3 Å². The molecule has 0 amide bonds. The molecular formula is C36H52N6O3S2. The van der Waals surface area contributed by atoms with Crippen LogP contribution in [-0.4, -0.2) is 94.3 Å². The zero-order valence-corrected chi connectivity index (χ0v) is 29.4. The maximum absolute atomic E-state index is 12.5. The van der Waals surface area contributed by atoms with Crippen LogP contribution in [0.15, 0.2) is 58.1 Å². The van der Waals surface area contributed by atoms with Crippen molar-refractivity contribution in [3.05, 3.63) is 69.2 Å². The average molecular weight is 681 g/mol. The largest absolute Gasteiger partial charge is 0.317 e. The Morgan fingerprint density at radius 2 is 1.19 bits per heavy atom.